The number of hydrogen-bond acceptors (Lipinski definition) is 5. The highest BCUT2D eigenvalue weighted by Gasteiger charge is 2.19. The molecule has 3 aromatic carbocycles. The lowest BCUT2D eigenvalue weighted by Crippen LogP contribution is -2.11. The number of aromatic nitrogens is 2. The standard InChI is InChI=1S/C26H22FN3O4/c1-3-34-26(32)22-16-24(30(29-22)23-10-5-4-9-21(23)27)18-7-6-8-19(15-18)28-25(31)17-11-13-20(33-2)14-12-17/h4-16H,3H2,1-2H3,(H,28,31). The summed E-state index contributed by atoms with van der Waals surface area (Å²) in [4.78, 5) is 25.0. The highest BCUT2D eigenvalue weighted by Crippen LogP contribution is 2.28. The number of nitrogens with zero attached hydrogens (tertiary/aromatic N) is 2. The van der Waals surface area contributed by atoms with Gasteiger partial charge in [-0.15, -0.1) is 0 Å². The second kappa shape index (κ2) is 9.99. The molecule has 0 saturated carbocycles. The molecule has 7 nitrogen and oxygen atoms in total. The van der Waals surface area contributed by atoms with Gasteiger partial charge in [-0.2, -0.15) is 5.10 Å². The van der Waals surface area contributed by atoms with E-state index in [0.717, 1.165) is 0 Å². The van der Waals surface area contributed by atoms with Crippen molar-refractivity contribution in [3.63, 3.8) is 0 Å². The van der Waals surface area contributed by atoms with Gasteiger partial charge in [0.2, 0.25) is 0 Å². The van der Waals surface area contributed by atoms with Gasteiger partial charge in [0.1, 0.15) is 17.3 Å². The molecule has 1 N–H and O–H groups in total. The van der Waals surface area contributed by atoms with Crippen molar-refractivity contribution in [2.45, 2.75) is 6.92 Å². The second-order valence-corrected chi connectivity index (χ2v) is 7.26. The smallest absolute Gasteiger partial charge is 0.358 e. The van der Waals surface area contributed by atoms with Crippen LogP contribution in [0.4, 0.5) is 10.1 Å². The molecular formula is C26H22FN3O4. The Balaban J connectivity index is 1.70. The van der Waals surface area contributed by atoms with Gasteiger partial charge in [-0.3, -0.25) is 4.79 Å². The van der Waals surface area contributed by atoms with Gasteiger partial charge in [-0.25, -0.2) is 13.9 Å². The molecule has 0 spiro atoms. The molecule has 1 heterocycles. The van der Waals surface area contributed by atoms with Gasteiger partial charge in [-0.05, 0) is 61.5 Å². The Bertz CT molecular complexity index is 1330. The van der Waals surface area contributed by atoms with Crippen molar-refractivity contribution >= 4 is 17.6 Å². The van der Waals surface area contributed by atoms with Crippen molar-refractivity contribution in [1.29, 1.82) is 0 Å². The number of carbonyl (C=O) groups is 2. The van der Waals surface area contributed by atoms with Crippen LogP contribution in [0.1, 0.15) is 27.8 Å². The Labute approximate surface area is 195 Å². The topological polar surface area (TPSA) is 82.5 Å². The summed E-state index contributed by atoms with van der Waals surface area (Å²) < 4.78 is 26.1. The molecule has 8 heteroatoms. The van der Waals surface area contributed by atoms with E-state index in [1.807, 2.05) is 0 Å². The molecule has 34 heavy (non-hydrogen) atoms. The van der Waals surface area contributed by atoms with Gasteiger partial charge in [0, 0.05) is 16.8 Å². The minimum absolute atomic E-state index is 0.0489. The Morgan fingerprint density at radius 1 is 1.00 bits per heavy atom. The van der Waals surface area contributed by atoms with Crippen LogP contribution in [0.3, 0.4) is 0 Å². The number of ether oxygens (including phenoxy) is 2. The van der Waals surface area contributed by atoms with Crippen LogP contribution >= 0.6 is 0 Å². The van der Waals surface area contributed by atoms with E-state index < -0.39 is 11.8 Å². The molecule has 1 amide bonds. The number of rotatable bonds is 7. The molecule has 172 valence electrons. The average Bonchev–Trinajstić information content (AvgIpc) is 3.30. The zero-order valence-corrected chi connectivity index (χ0v) is 18.6. The van der Waals surface area contributed by atoms with E-state index in [1.54, 1.807) is 80.8 Å². The molecule has 0 unspecified atom stereocenters. The van der Waals surface area contributed by atoms with Gasteiger partial charge in [0.05, 0.1) is 19.4 Å². The summed E-state index contributed by atoms with van der Waals surface area (Å²) in [6.07, 6.45) is 0. The lowest BCUT2D eigenvalue weighted by Gasteiger charge is -2.11. The van der Waals surface area contributed by atoms with E-state index in [9.17, 15) is 14.0 Å². The van der Waals surface area contributed by atoms with Crippen molar-refractivity contribution in [1.82, 2.24) is 9.78 Å². The van der Waals surface area contributed by atoms with Gasteiger partial charge in [0.25, 0.3) is 5.91 Å². The Kier molecular flexibility index (Phi) is 6.68. The first-order valence-electron chi connectivity index (χ1n) is 10.6. The van der Waals surface area contributed by atoms with Crippen LogP contribution in [0.25, 0.3) is 16.9 Å². The largest absolute Gasteiger partial charge is 0.497 e. The van der Waals surface area contributed by atoms with E-state index in [1.165, 1.54) is 16.8 Å². The summed E-state index contributed by atoms with van der Waals surface area (Å²) in [7, 11) is 1.56. The first kappa shape index (κ1) is 22.7. The van der Waals surface area contributed by atoms with Crippen LogP contribution in [0.2, 0.25) is 0 Å². The van der Waals surface area contributed by atoms with Crippen LogP contribution in [-0.4, -0.2) is 35.4 Å². The Hall–Kier alpha value is -4.46. The first-order chi connectivity index (χ1) is 16.5. The fraction of sp³-hybridized carbons (Fsp3) is 0.115. The predicted molar refractivity (Wildman–Crippen MR) is 126 cm³/mol. The zero-order valence-electron chi connectivity index (χ0n) is 18.6. The molecular weight excluding hydrogens is 437 g/mol. The van der Waals surface area contributed by atoms with E-state index in [0.29, 0.717) is 28.3 Å². The van der Waals surface area contributed by atoms with Crippen molar-refractivity contribution in [3.8, 4) is 22.7 Å². The number of carbonyl (C=O) groups excluding carboxylic acids is 2. The molecule has 0 atom stereocenters. The van der Waals surface area contributed by atoms with Crippen LogP contribution < -0.4 is 10.1 Å². The second-order valence-electron chi connectivity index (χ2n) is 7.26. The van der Waals surface area contributed by atoms with E-state index in [2.05, 4.69) is 10.4 Å². The van der Waals surface area contributed by atoms with Crippen molar-refractivity contribution in [3.05, 3.63) is 95.9 Å². The number of para-hydroxylation sites is 1. The molecule has 1 aromatic heterocycles. The maximum atomic E-state index is 14.6. The highest BCUT2D eigenvalue weighted by atomic mass is 19.1. The van der Waals surface area contributed by atoms with Crippen molar-refractivity contribution < 1.29 is 23.5 Å². The predicted octanol–water partition coefficient (Wildman–Crippen LogP) is 5.12. The third kappa shape index (κ3) is 4.80. The van der Waals surface area contributed by atoms with Crippen LogP contribution in [0.15, 0.2) is 78.9 Å². The maximum Gasteiger partial charge on any atom is 0.358 e. The summed E-state index contributed by atoms with van der Waals surface area (Å²) in [6, 6.07) is 21.4. The minimum Gasteiger partial charge on any atom is -0.497 e. The number of esters is 1. The first-order valence-corrected chi connectivity index (χ1v) is 10.6. The number of amides is 1. The summed E-state index contributed by atoms with van der Waals surface area (Å²) >= 11 is 0. The summed E-state index contributed by atoms with van der Waals surface area (Å²) in [6.45, 7) is 1.88. The van der Waals surface area contributed by atoms with Gasteiger partial charge < -0.3 is 14.8 Å². The quantitative estimate of drug-likeness (QED) is 0.388. The molecule has 0 aliphatic heterocycles. The van der Waals surface area contributed by atoms with Crippen molar-refractivity contribution in [2.75, 3.05) is 19.0 Å². The van der Waals surface area contributed by atoms with Crippen LogP contribution in [0.5, 0.6) is 5.75 Å². The normalized spacial score (nSPS) is 10.6. The fourth-order valence-corrected chi connectivity index (χ4v) is 3.40. The summed E-state index contributed by atoms with van der Waals surface area (Å²) in [5, 5.41) is 7.14. The number of halogens is 1. The third-order valence-electron chi connectivity index (χ3n) is 5.04. The number of hydrogen-bond donors (Lipinski definition) is 1. The molecule has 0 saturated heterocycles. The average molecular weight is 459 g/mol. The number of nitrogens with one attached hydrogen (secondary N) is 1. The van der Waals surface area contributed by atoms with Crippen LogP contribution in [0, 0.1) is 5.82 Å². The van der Waals surface area contributed by atoms with E-state index in [4.69, 9.17) is 9.47 Å². The summed E-state index contributed by atoms with van der Waals surface area (Å²) in [5.41, 5.74) is 2.31. The number of methoxy groups -OCH3 is 1. The molecule has 0 aliphatic rings. The van der Waals surface area contributed by atoms with E-state index in [-0.39, 0.29) is 23.9 Å². The summed E-state index contributed by atoms with van der Waals surface area (Å²) in [5.74, 6) is -0.749. The minimum atomic E-state index is -0.609. The number of anilines is 1. The maximum absolute atomic E-state index is 14.6. The molecule has 4 rings (SSSR count). The van der Waals surface area contributed by atoms with Gasteiger partial charge >= 0.3 is 5.97 Å². The molecule has 0 bridgehead atoms. The fourth-order valence-electron chi connectivity index (χ4n) is 3.40. The van der Waals surface area contributed by atoms with Gasteiger partial charge in [-0.1, -0.05) is 24.3 Å². The Morgan fingerprint density at radius 2 is 1.76 bits per heavy atom. The van der Waals surface area contributed by atoms with Crippen LogP contribution in [-0.2, 0) is 4.74 Å². The lowest BCUT2D eigenvalue weighted by molar-refractivity contribution is 0.0518. The Morgan fingerprint density at radius 3 is 2.47 bits per heavy atom. The molecule has 0 aliphatic carbocycles. The highest BCUT2D eigenvalue weighted by molar-refractivity contribution is 6.04. The lowest BCUT2D eigenvalue weighted by atomic mass is 10.1. The van der Waals surface area contributed by atoms with E-state index >= 15 is 0 Å². The zero-order chi connectivity index (χ0) is 24.1. The molecule has 0 fully saturated rings. The SMILES string of the molecule is CCOC(=O)c1cc(-c2cccc(NC(=O)c3ccc(OC)cc3)c2)n(-c2ccccc2F)n1. The number of benzene rings is 3. The van der Waals surface area contributed by atoms with Gasteiger partial charge in [0.15, 0.2) is 5.69 Å². The monoisotopic (exact) mass is 459 g/mol. The third-order valence-corrected chi connectivity index (χ3v) is 5.04. The van der Waals surface area contributed by atoms with Crippen molar-refractivity contribution in [2.24, 2.45) is 0 Å². The molecule has 0 radical (unpaired) electrons. The molecule has 4 aromatic rings.